The number of nitro groups is 1. The molecule has 1 fully saturated rings. The Labute approximate surface area is 200 Å². The van der Waals surface area contributed by atoms with Crippen molar-refractivity contribution >= 4 is 28.4 Å². The number of amides is 2. The van der Waals surface area contributed by atoms with E-state index < -0.39 is 17.0 Å². The van der Waals surface area contributed by atoms with Crippen LogP contribution in [0.2, 0.25) is 0 Å². The van der Waals surface area contributed by atoms with Gasteiger partial charge in [0.05, 0.1) is 11.0 Å². The molecule has 35 heavy (non-hydrogen) atoms. The summed E-state index contributed by atoms with van der Waals surface area (Å²) < 4.78 is 0. The normalized spacial score (nSPS) is 19.5. The largest absolute Gasteiger partial charge is 0.356 e. The minimum Gasteiger partial charge on any atom is -0.356 e. The number of aromatic nitrogens is 2. The number of hydrogen-bond acceptors (Lipinski definition) is 5. The van der Waals surface area contributed by atoms with Gasteiger partial charge in [-0.3, -0.25) is 24.7 Å². The monoisotopic (exact) mass is 467 g/mol. The molecule has 2 amide bonds. The second kappa shape index (κ2) is 8.05. The highest BCUT2D eigenvalue weighted by molar-refractivity contribution is 5.97. The Bertz CT molecular complexity index is 1480. The quantitative estimate of drug-likeness (QED) is 0.365. The van der Waals surface area contributed by atoms with Crippen LogP contribution < -0.4 is 0 Å². The molecular weight excluding hydrogens is 446 g/mol. The summed E-state index contributed by atoms with van der Waals surface area (Å²) in [5.74, 6) is -0.322. The number of para-hydroxylation sites is 1. The number of rotatable bonds is 4. The Kier molecular flexibility index (Phi) is 4.84. The van der Waals surface area contributed by atoms with E-state index in [1.807, 2.05) is 36.4 Å². The number of pyridine rings is 1. The third kappa shape index (κ3) is 3.43. The molecule has 9 heteroatoms. The SMILES string of the molecule is O=C1[C@@H]2Cc3c([nH]c4ccccc34)[C@@H](c3cccc([N+](=O)[O-])c3)N2C(=O)CN1Cc1ccncc1. The van der Waals surface area contributed by atoms with Gasteiger partial charge in [0, 0.05) is 54.1 Å². The lowest BCUT2D eigenvalue weighted by atomic mass is 9.86. The van der Waals surface area contributed by atoms with E-state index in [2.05, 4.69) is 9.97 Å². The molecule has 0 spiro atoms. The number of aromatic amines is 1. The maximum Gasteiger partial charge on any atom is 0.269 e. The first-order valence-electron chi connectivity index (χ1n) is 11.3. The fourth-order valence-electron chi connectivity index (χ4n) is 5.32. The van der Waals surface area contributed by atoms with Crippen molar-refractivity contribution in [3.05, 3.63) is 106 Å². The molecule has 2 aliphatic rings. The second-order valence-corrected chi connectivity index (χ2v) is 8.89. The van der Waals surface area contributed by atoms with E-state index in [1.54, 1.807) is 34.3 Å². The van der Waals surface area contributed by atoms with E-state index in [-0.39, 0.29) is 24.0 Å². The average Bonchev–Trinajstić information content (AvgIpc) is 3.25. The van der Waals surface area contributed by atoms with Crippen LogP contribution in [0.15, 0.2) is 73.1 Å². The zero-order valence-corrected chi connectivity index (χ0v) is 18.6. The van der Waals surface area contributed by atoms with Crippen LogP contribution in [-0.4, -0.2) is 49.1 Å². The van der Waals surface area contributed by atoms with Crippen molar-refractivity contribution in [1.82, 2.24) is 19.8 Å². The number of carbonyl (C=O) groups excluding carboxylic acids is 2. The molecule has 0 bridgehead atoms. The smallest absolute Gasteiger partial charge is 0.269 e. The van der Waals surface area contributed by atoms with Crippen LogP contribution in [0.4, 0.5) is 5.69 Å². The van der Waals surface area contributed by atoms with Crippen LogP contribution in [-0.2, 0) is 22.6 Å². The Morgan fingerprint density at radius 2 is 1.86 bits per heavy atom. The highest BCUT2D eigenvalue weighted by atomic mass is 16.6. The van der Waals surface area contributed by atoms with Gasteiger partial charge in [0.1, 0.15) is 12.6 Å². The van der Waals surface area contributed by atoms with E-state index >= 15 is 0 Å². The van der Waals surface area contributed by atoms with E-state index in [4.69, 9.17) is 0 Å². The lowest BCUT2D eigenvalue weighted by Gasteiger charge is -2.47. The lowest BCUT2D eigenvalue weighted by Crippen LogP contribution is -2.62. The summed E-state index contributed by atoms with van der Waals surface area (Å²) in [6.45, 7) is 0.262. The molecular formula is C26H21N5O4. The molecule has 9 nitrogen and oxygen atoms in total. The minimum atomic E-state index is -0.700. The molecule has 2 atom stereocenters. The number of nitro benzene ring substituents is 1. The van der Waals surface area contributed by atoms with Crippen molar-refractivity contribution in [3.63, 3.8) is 0 Å². The number of nitrogens with zero attached hydrogens (tertiary/aromatic N) is 4. The van der Waals surface area contributed by atoms with Gasteiger partial charge < -0.3 is 14.8 Å². The van der Waals surface area contributed by atoms with Crippen LogP contribution in [0.25, 0.3) is 10.9 Å². The van der Waals surface area contributed by atoms with Crippen LogP contribution >= 0.6 is 0 Å². The third-order valence-corrected chi connectivity index (χ3v) is 6.86. The van der Waals surface area contributed by atoms with Crippen LogP contribution in [0.1, 0.15) is 28.4 Å². The molecule has 4 aromatic rings. The topological polar surface area (TPSA) is 112 Å². The van der Waals surface area contributed by atoms with Gasteiger partial charge in [-0.15, -0.1) is 0 Å². The number of fused-ring (bicyclic) bond motifs is 4. The maximum atomic E-state index is 13.7. The van der Waals surface area contributed by atoms with Crippen molar-refractivity contribution in [2.24, 2.45) is 0 Å². The Hall–Kier alpha value is -4.53. The molecule has 1 N–H and O–H groups in total. The predicted octanol–water partition coefficient (Wildman–Crippen LogP) is 3.36. The Morgan fingerprint density at radius 1 is 1.06 bits per heavy atom. The predicted molar refractivity (Wildman–Crippen MR) is 127 cm³/mol. The molecule has 4 heterocycles. The zero-order chi connectivity index (χ0) is 24.1. The Morgan fingerprint density at radius 3 is 2.66 bits per heavy atom. The van der Waals surface area contributed by atoms with Gasteiger partial charge in [0.2, 0.25) is 11.8 Å². The molecule has 2 aromatic heterocycles. The third-order valence-electron chi connectivity index (χ3n) is 6.86. The van der Waals surface area contributed by atoms with Crippen LogP contribution in [0.5, 0.6) is 0 Å². The molecule has 0 unspecified atom stereocenters. The summed E-state index contributed by atoms with van der Waals surface area (Å²) in [7, 11) is 0. The molecule has 2 aliphatic heterocycles. The van der Waals surface area contributed by atoms with E-state index in [1.165, 1.54) is 12.1 Å². The lowest BCUT2D eigenvalue weighted by molar-refractivity contribution is -0.384. The number of piperazine rings is 1. The summed E-state index contributed by atoms with van der Waals surface area (Å²) in [4.78, 5) is 49.0. The number of hydrogen-bond donors (Lipinski definition) is 1. The van der Waals surface area contributed by atoms with Gasteiger partial charge in [-0.2, -0.15) is 0 Å². The van der Waals surface area contributed by atoms with Crippen molar-refractivity contribution in [2.75, 3.05) is 6.54 Å². The molecule has 2 aromatic carbocycles. The molecule has 1 saturated heterocycles. The molecule has 0 aliphatic carbocycles. The van der Waals surface area contributed by atoms with Crippen molar-refractivity contribution in [3.8, 4) is 0 Å². The highest BCUT2D eigenvalue weighted by Crippen LogP contribution is 2.43. The van der Waals surface area contributed by atoms with E-state index in [9.17, 15) is 19.7 Å². The van der Waals surface area contributed by atoms with Gasteiger partial charge >= 0.3 is 0 Å². The molecule has 0 saturated carbocycles. The summed E-state index contributed by atoms with van der Waals surface area (Å²) in [5.41, 5.74) is 4.10. The zero-order valence-electron chi connectivity index (χ0n) is 18.6. The van der Waals surface area contributed by atoms with Gasteiger partial charge in [-0.1, -0.05) is 30.3 Å². The van der Waals surface area contributed by atoms with Crippen molar-refractivity contribution < 1.29 is 14.5 Å². The van der Waals surface area contributed by atoms with Crippen molar-refractivity contribution in [1.29, 1.82) is 0 Å². The molecule has 0 radical (unpaired) electrons. The number of nitrogens with one attached hydrogen (secondary N) is 1. The van der Waals surface area contributed by atoms with Crippen LogP contribution in [0, 0.1) is 10.1 Å². The van der Waals surface area contributed by atoms with Gasteiger partial charge in [-0.25, -0.2) is 0 Å². The molecule has 174 valence electrons. The van der Waals surface area contributed by atoms with Crippen LogP contribution in [0.3, 0.4) is 0 Å². The van der Waals surface area contributed by atoms with Gasteiger partial charge in [-0.05, 0) is 34.9 Å². The summed E-state index contributed by atoms with van der Waals surface area (Å²) >= 11 is 0. The summed E-state index contributed by atoms with van der Waals surface area (Å²) in [5, 5.41) is 12.5. The first kappa shape index (κ1) is 21.0. The van der Waals surface area contributed by atoms with E-state index in [0.717, 1.165) is 27.7 Å². The fraction of sp³-hybridized carbons (Fsp3) is 0.192. The second-order valence-electron chi connectivity index (χ2n) is 8.89. The average molecular weight is 467 g/mol. The minimum absolute atomic E-state index is 0.0569. The number of carbonyl (C=O) groups is 2. The van der Waals surface area contributed by atoms with E-state index in [0.29, 0.717) is 18.5 Å². The molecule has 6 rings (SSSR count). The fourth-order valence-corrected chi connectivity index (χ4v) is 5.32. The first-order chi connectivity index (χ1) is 17.0. The van der Waals surface area contributed by atoms with Crippen molar-refractivity contribution in [2.45, 2.75) is 25.0 Å². The standard InChI is InChI=1S/C26H21N5O4/c32-23-15-29(14-16-8-10-27-11-9-16)26(33)22-13-20-19-6-1-2-7-21(19)28-24(20)25(30(22)23)17-4-3-5-18(12-17)31(34)35/h1-12,22,25,28H,13-15H2/t22-,25+/m0/s1. The maximum absolute atomic E-state index is 13.7. The Balaban J connectivity index is 1.48. The number of H-pyrrole nitrogens is 1. The van der Waals surface area contributed by atoms with Gasteiger partial charge in [0.25, 0.3) is 5.69 Å². The number of benzene rings is 2. The summed E-state index contributed by atoms with van der Waals surface area (Å²) in [6.07, 6.45) is 3.70. The summed E-state index contributed by atoms with van der Waals surface area (Å²) in [6, 6.07) is 16.4. The highest BCUT2D eigenvalue weighted by Gasteiger charge is 2.48. The van der Waals surface area contributed by atoms with Gasteiger partial charge in [0.15, 0.2) is 0 Å². The first-order valence-corrected chi connectivity index (χ1v) is 11.3. The number of non-ortho nitro benzene ring substituents is 1.